The smallest absolute Gasteiger partial charge is 0.110 e. The summed E-state index contributed by atoms with van der Waals surface area (Å²) in [4.78, 5) is 4.22. The monoisotopic (exact) mass is 162 g/mol. The van der Waals surface area contributed by atoms with Crippen LogP contribution in [0.15, 0.2) is 24.4 Å². The van der Waals surface area contributed by atoms with Crippen molar-refractivity contribution < 1.29 is 5.11 Å². The number of pyridine rings is 1. The minimum Gasteiger partial charge on any atom is -0.390 e. The minimum absolute atomic E-state index is 0.00134. The Kier molecular flexibility index (Phi) is 1.59. The van der Waals surface area contributed by atoms with E-state index in [1.165, 1.54) is 0 Å². The van der Waals surface area contributed by atoms with Crippen LogP contribution in [0.25, 0.3) is 5.52 Å². The summed E-state index contributed by atoms with van der Waals surface area (Å²) in [7, 11) is 0. The van der Waals surface area contributed by atoms with Gasteiger partial charge in [0.15, 0.2) is 0 Å². The van der Waals surface area contributed by atoms with Gasteiger partial charge in [0, 0.05) is 6.20 Å². The highest BCUT2D eigenvalue weighted by atomic mass is 16.3. The molecule has 0 bridgehead atoms. The third kappa shape index (κ3) is 0.905. The summed E-state index contributed by atoms with van der Waals surface area (Å²) in [6, 6.07) is 5.84. The van der Waals surface area contributed by atoms with E-state index in [0.717, 1.165) is 17.0 Å². The van der Waals surface area contributed by atoms with Crippen LogP contribution in [0.1, 0.15) is 11.5 Å². The van der Waals surface area contributed by atoms with Crippen LogP contribution >= 0.6 is 0 Å². The van der Waals surface area contributed by atoms with Crippen LogP contribution in [0.4, 0.5) is 0 Å². The van der Waals surface area contributed by atoms with Gasteiger partial charge >= 0.3 is 0 Å². The molecular weight excluding hydrogens is 152 g/mol. The number of nitrogens with zero attached hydrogens (tertiary/aromatic N) is 2. The fraction of sp³-hybridized carbons (Fsp3) is 0.222. The van der Waals surface area contributed by atoms with Crippen LogP contribution in [-0.2, 0) is 6.61 Å². The first-order valence-corrected chi connectivity index (χ1v) is 3.86. The Morgan fingerprint density at radius 3 is 3.08 bits per heavy atom. The van der Waals surface area contributed by atoms with Gasteiger partial charge < -0.3 is 9.51 Å². The fourth-order valence-electron chi connectivity index (χ4n) is 1.38. The number of aromatic nitrogens is 2. The summed E-state index contributed by atoms with van der Waals surface area (Å²) in [5, 5.41) is 8.97. The fourth-order valence-corrected chi connectivity index (χ4v) is 1.38. The van der Waals surface area contributed by atoms with Gasteiger partial charge in [-0.1, -0.05) is 6.07 Å². The zero-order valence-corrected chi connectivity index (χ0v) is 6.86. The summed E-state index contributed by atoms with van der Waals surface area (Å²) in [5.74, 6) is 0.912. The quantitative estimate of drug-likeness (QED) is 0.682. The van der Waals surface area contributed by atoms with E-state index in [0.29, 0.717) is 0 Å². The van der Waals surface area contributed by atoms with E-state index in [1.807, 2.05) is 35.7 Å². The van der Waals surface area contributed by atoms with Gasteiger partial charge in [0.05, 0.1) is 17.8 Å². The maximum absolute atomic E-state index is 8.97. The first-order valence-electron chi connectivity index (χ1n) is 3.86. The summed E-state index contributed by atoms with van der Waals surface area (Å²) in [5.41, 5.74) is 1.73. The molecule has 1 N–H and O–H groups in total. The van der Waals surface area contributed by atoms with E-state index in [-0.39, 0.29) is 6.61 Å². The normalized spacial score (nSPS) is 10.8. The predicted molar refractivity (Wildman–Crippen MR) is 45.9 cm³/mol. The zero-order chi connectivity index (χ0) is 8.55. The lowest BCUT2D eigenvalue weighted by Crippen LogP contribution is -1.85. The SMILES string of the molecule is Cc1nc(CO)c2ccccn12. The van der Waals surface area contributed by atoms with Gasteiger partial charge in [-0.25, -0.2) is 4.98 Å². The molecule has 0 aliphatic heterocycles. The molecule has 0 radical (unpaired) electrons. The molecule has 0 aromatic carbocycles. The molecule has 12 heavy (non-hydrogen) atoms. The molecule has 0 saturated heterocycles. The Morgan fingerprint density at radius 2 is 2.33 bits per heavy atom. The molecule has 0 saturated carbocycles. The second kappa shape index (κ2) is 2.60. The molecule has 2 aromatic heterocycles. The van der Waals surface area contributed by atoms with Gasteiger partial charge in [-0.15, -0.1) is 0 Å². The molecule has 2 rings (SSSR count). The lowest BCUT2D eigenvalue weighted by Gasteiger charge is -1.93. The number of hydrogen-bond acceptors (Lipinski definition) is 2. The maximum Gasteiger partial charge on any atom is 0.110 e. The highest BCUT2D eigenvalue weighted by molar-refractivity contribution is 5.52. The molecule has 0 unspecified atom stereocenters. The van der Waals surface area contributed by atoms with Crippen molar-refractivity contribution in [2.45, 2.75) is 13.5 Å². The molecule has 2 heterocycles. The molecule has 3 nitrogen and oxygen atoms in total. The van der Waals surface area contributed by atoms with Crippen molar-refractivity contribution >= 4 is 5.52 Å². The number of aryl methyl sites for hydroxylation is 1. The van der Waals surface area contributed by atoms with Gasteiger partial charge in [0.25, 0.3) is 0 Å². The van der Waals surface area contributed by atoms with Crippen molar-refractivity contribution in [1.82, 2.24) is 9.38 Å². The summed E-state index contributed by atoms with van der Waals surface area (Å²) < 4.78 is 1.96. The molecular formula is C9H10N2O. The van der Waals surface area contributed by atoms with E-state index in [4.69, 9.17) is 5.11 Å². The van der Waals surface area contributed by atoms with Gasteiger partial charge in [-0.05, 0) is 19.1 Å². The first kappa shape index (κ1) is 7.31. The van der Waals surface area contributed by atoms with Crippen LogP contribution in [0.2, 0.25) is 0 Å². The van der Waals surface area contributed by atoms with Crippen LogP contribution in [0, 0.1) is 6.92 Å². The Balaban J connectivity index is 2.82. The number of aliphatic hydroxyl groups excluding tert-OH is 1. The zero-order valence-electron chi connectivity index (χ0n) is 6.86. The highest BCUT2D eigenvalue weighted by Gasteiger charge is 2.04. The van der Waals surface area contributed by atoms with Crippen LogP contribution in [-0.4, -0.2) is 14.5 Å². The minimum atomic E-state index is 0.00134. The third-order valence-electron chi connectivity index (χ3n) is 1.95. The van der Waals surface area contributed by atoms with E-state index < -0.39 is 0 Å². The van der Waals surface area contributed by atoms with Gasteiger partial charge in [0.2, 0.25) is 0 Å². The molecule has 0 amide bonds. The van der Waals surface area contributed by atoms with Gasteiger partial charge in [0.1, 0.15) is 5.82 Å². The first-order chi connectivity index (χ1) is 5.83. The number of rotatable bonds is 1. The summed E-state index contributed by atoms with van der Waals surface area (Å²) in [6.45, 7) is 1.92. The number of hydrogen-bond donors (Lipinski definition) is 1. The molecule has 0 spiro atoms. The van der Waals surface area contributed by atoms with Crippen molar-refractivity contribution in [2.75, 3.05) is 0 Å². The summed E-state index contributed by atoms with van der Waals surface area (Å²) in [6.07, 6.45) is 1.94. The Hall–Kier alpha value is -1.35. The van der Waals surface area contributed by atoms with Crippen LogP contribution < -0.4 is 0 Å². The van der Waals surface area contributed by atoms with Crippen molar-refractivity contribution in [3.8, 4) is 0 Å². The average molecular weight is 162 g/mol. The number of imidazole rings is 1. The Morgan fingerprint density at radius 1 is 1.50 bits per heavy atom. The average Bonchev–Trinajstić information content (AvgIpc) is 2.44. The van der Waals surface area contributed by atoms with Crippen molar-refractivity contribution in [3.63, 3.8) is 0 Å². The van der Waals surface area contributed by atoms with E-state index in [9.17, 15) is 0 Å². The number of fused-ring (bicyclic) bond motifs is 1. The van der Waals surface area contributed by atoms with Crippen LogP contribution in [0.3, 0.4) is 0 Å². The van der Waals surface area contributed by atoms with E-state index in [1.54, 1.807) is 0 Å². The third-order valence-corrected chi connectivity index (χ3v) is 1.95. The lowest BCUT2D eigenvalue weighted by molar-refractivity contribution is 0.279. The van der Waals surface area contributed by atoms with Crippen LogP contribution in [0.5, 0.6) is 0 Å². The second-order valence-electron chi connectivity index (χ2n) is 2.72. The van der Waals surface area contributed by atoms with Crippen molar-refractivity contribution in [1.29, 1.82) is 0 Å². The highest BCUT2D eigenvalue weighted by Crippen LogP contribution is 2.11. The second-order valence-corrected chi connectivity index (χ2v) is 2.72. The largest absolute Gasteiger partial charge is 0.390 e. The number of aliphatic hydroxyl groups is 1. The summed E-state index contributed by atoms with van der Waals surface area (Å²) >= 11 is 0. The predicted octanol–water partition coefficient (Wildman–Crippen LogP) is 1.14. The topological polar surface area (TPSA) is 37.5 Å². The lowest BCUT2D eigenvalue weighted by atomic mass is 10.3. The Bertz CT molecular complexity index is 406. The standard InChI is InChI=1S/C9H10N2O/c1-7-10-8(6-12)9-4-2-3-5-11(7)9/h2-5,12H,6H2,1H3. The van der Waals surface area contributed by atoms with E-state index >= 15 is 0 Å². The molecule has 0 aliphatic carbocycles. The molecule has 62 valence electrons. The molecule has 0 atom stereocenters. The van der Waals surface area contributed by atoms with Gasteiger partial charge in [-0.2, -0.15) is 0 Å². The molecule has 3 heteroatoms. The van der Waals surface area contributed by atoms with Crippen molar-refractivity contribution in [3.05, 3.63) is 35.9 Å². The molecule has 0 aliphatic rings. The Labute approximate surface area is 70.3 Å². The molecule has 2 aromatic rings. The van der Waals surface area contributed by atoms with Gasteiger partial charge in [-0.3, -0.25) is 0 Å². The van der Waals surface area contributed by atoms with E-state index in [2.05, 4.69) is 4.98 Å². The molecule has 0 fully saturated rings. The maximum atomic E-state index is 8.97. The van der Waals surface area contributed by atoms with Crippen molar-refractivity contribution in [2.24, 2.45) is 0 Å².